The molecule has 0 unspecified atom stereocenters. The van der Waals surface area contributed by atoms with E-state index in [1.165, 1.54) is 0 Å². The van der Waals surface area contributed by atoms with E-state index in [0.717, 1.165) is 0 Å². The average molecular weight is 126 g/mol. The topological polar surface area (TPSA) is 12.4 Å². The number of rotatable bonds is 1. The van der Waals surface area contributed by atoms with E-state index >= 15 is 0 Å². The molecule has 6 heavy (non-hydrogen) atoms. The minimum Gasteiger partial charge on any atom is -0.263 e. The van der Waals surface area contributed by atoms with Crippen molar-refractivity contribution in [3.05, 3.63) is 0 Å². The van der Waals surface area contributed by atoms with Crippen LogP contribution in [0.3, 0.4) is 0 Å². The molecule has 0 aromatic heterocycles. The summed E-state index contributed by atoms with van der Waals surface area (Å²) in [6.45, 7) is 2.52. The highest BCUT2D eigenvalue weighted by molar-refractivity contribution is 6.95. The van der Waals surface area contributed by atoms with Crippen LogP contribution < -0.4 is 0 Å². The Kier molecular flexibility index (Phi) is 3.58. The van der Waals surface area contributed by atoms with Gasteiger partial charge < -0.3 is 0 Å². The van der Waals surface area contributed by atoms with Gasteiger partial charge in [0.25, 0.3) is 0 Å². The van der Waals surface area contributed by atoms with Crippen molar-refractivity contribution >= 4 is 27.8 Å². The van der Waals surface area contributed by atoms with Gasteiger partial charge in [-0.25, -0.2) is 0 Å². The number of hydrogen-bond donors (Lipinski definition) is 0. The zero-order chi connectivity index (χ0) is 4.99. The summed E-state index contributed by atoms with van der Waals surface area (Å²) in [5.41, 5.74) is 0. The Morgan fingerprint density at radius 1 is 1.67 bits per heavy atom. The van der Waals surface area contributed by atoms with Crippen LogP contribution in [0.4, 0.5) is 0 Å². The van der Waals surface area contributed by atoms with Gasteiger partial charge in [0.15, 0.2) is 4.63 Å². The molecular formula is C3H5Cl2N. The van der Waals surface area contributed by atoms with E-state index in [2.05, 4.69) is 4.99 Å². The summed E-state index contributed by atoms with van der Waals surface area (Å²) < 4.78 is 0.109. The molecule has 0 aliphatic heterocycles. The maximum absolute atomic E-state index is 5.09. The molecule has 0 aromatic rings. The van der Waals surface area contributed by atoms with Gasteiger partial charge in [-0.3, -0.25) is 4.99 Å². The molecule has 3 heteroatoms. The summed E-state index contributed by atoms with van der Waals surface area (Å²) in [6, 6.07) is 0. The van der Waals surface area contributed by atoms with Gasteiger partial charge in [-0.1, -0.05) is 0 Å². The molecule has 0 heterocycles. The van der Waals surface area contributed by atoms with Gasteiger partial charge in [-0.05, 0) is 30.1 Å². The van der Waals surface area contributed by atoms with Crippen molar-refractivity contribution in [2.24, 2.45) is 4.99 Å². The Balaban J connectivity index is 3.14. The second kappa shape index (κ2) is 3.44. The molecule has 1 nitrogen and oxygen atoms in total. The first-order valence-corrected chi connectivity index (χ1v) is 2.38. The predicted molar refractivity (Wildman–Crippen MR) is 29.7 cm³/mol. The molecule has 0 fully saturated rings. The van der Waals surface area contributed by atoms with Crippen molar-refractivity contribution in [2.45, 2.75) is 6.92 Å². The zero-order valence-corrected chi connectivity index (χ0v) is 4.92. The summed E-state index contributed by atoms with van der Waals surface area (Å²) in [5, 5.41) is 0. The van der Waals surface area contributed by atoms with E-state index in [9.17, 15) is 0 Å². The normalized spacial score (nSPS) is 7.83. The average Bonchev–Trinajstić information content (AvgIpc) is 1.35. The molecule has 0 N–H and O–H groups in total. The first kappa shape index (κ1) is 6.25. The molecule has 0 aliphatic rings. The van der Waals surface area contributed by atoms with Crippen LogP contribution >= 0.6 is 23.2 Å². The highest BCUT2D eigenvalue weighted by Crippen LogP contribution is 1.88. The van der Waals surface area contributed by atoms with Crippen molar-refractivity contribution in [2.75, 3.05) is 6.54 Å². The second-order valence-electron chi connectivity index (χ2n) is 0.715. The van der Waals surface area contributed by atoms with E-state index in [4.69, 9.17) is 23.2 Å². The zero-order valence-electron chi connectivity index (χ0n) is 3.41. The summed E-state index contributed by atoms with van der Waals surface area (Å²) in [7, 11) is 0. The number of aliphatic imine (C=N–C) groups is 1. The molecule has 0 bridgehead atoms. The van der Waals surface area contributed by atoms with E-state index in [1.807, 2.05) is 6.92 Å². The van der Waals surface area contributed by atoms with Crippen molar-refractivity contribution < 1.29 is 0 Å². The van der Waals surface area contributed by atoms with Gasteiger partial charge in [0, 0.05) is 6.54 Å². The van der Waals surface area contributed by atoms with Crippen molar-refractivity contribution in [3.8, 4) is 0 Å². The van der Waals surface area contributed by atoms with Gasteiger partial charge >= 0.3 is 0 Å². The summed E-state index contributed by atoms with van der Waals surface area (Å²) in [6.07, 6.45) is 0. The smallest absolute Gasteiger partial charge is 0.191 e. The molecule has 0 spiro atoms. The van der Waals surface area contributed by atoms with Gasteiger partial charge in [0.2, 0.25) is 0 Å². The highest BCUT2D eigenvalue weighted by Gasteiger charge is 1.75. The third-order valence-electron chi connectivity index (χ3n) is 0.278. The SMILES string of the molecule is CCN=C(Cl)Cl. The van der Waals surface area contributed by atoms with Crippen LogP contribution in [0, 0.1) is 0 Å². The fourth-order valence-corrected chi connectivity index (χ4v) is 0.359. The third kappa shape index (κ3) is 4.25. The Labute approximate surface area is 47.0 Å². The molecule has 0 saturated carbocycles. The largest absolute Gasteiger partial charge is 0.263 e. The van der Waals surface area contributed by atoms with Crippen molar-refractivity contribution in [1.29, 1.82) is 0 Å². The minimum absolute atomic E-state index is 0.109. The quantitative estimate of drug-likeness (QED) is 0.475. The summed E-state index contributed by atoms with van der Waals surface area (Å²) >= 11 is 10.2. The molecule has 0 atom stereocenters. The van der Waals surface area contributed by atoms with Crippen LogP contribution in [0.15, 0.2) is 4.99 Å². The molecule has 0 amide bonds. The van der Waals surface area contributed by atoms with Crippen molar-refractivity contribution in [3.63, 3.8) is 0 Å². The maximum atomic E-state index is 5.09. The Morgan fingerprint density at radius 3 is 2.17 bits per heavy atom. The van der Waals surface area contributed by atoms with Crippen molar-refractivity contribution in [1.82, 2.24) is 0 Å². The highest BCUT2D eigenvalue weighted by atomic mass is 35.5. The first-order chi connectivity index (χ1) is 2.77. The Morgan fingerprint density at radius 2 is 2.17 bits per heavy atom. The van der Waals surface area contributed by atoms with E-state index < -0.39 is 0 Å². The lowest BCUT2D eigenvalue weighted by molar-refractivity contribution is 1.14. The molecule has 0 saturated heterocycles. The maximum Gasteiger partial charge on any atom is 0.191 e. The number of nitrogens with zero attached hydrogens (tertiary/aromatic N) is 1. The molecule has 0 aliphatic carbocycles. The fourth-order valence-electron chi connectivity index (χ4n) is 0.120. The molecule has 36 valence electrons. The van der Waals surface area contributed by atoms with Gasteiger partial charge in [0.1, 0.15) is 0 Å². The lowest BCUT2D eigenvalue weighted by atomic mass is 10.8. The lowest BCUT2D eigenvalue weighted by Crippen LogP contribution is -1.70. The van der Waals surface area contributed by atoms with Gasteiger partial charge in [0.05, 0.1) is 0 Å². The Bertz CT molecular complexity index is 55.8. The summed E-state index contributed by atoms with van der Waals surface area (Å²) in [4.78, 5) is 3.57. The fraction of sp³-hybridized carbons (Fsp3) is 0.667. The molecule has 0 radical (unpaired) electrons. The van der Waals surface area contributed by atoms with Crippen LogP contribution in [0.2, 0.25) is 0 Å². The molecular weight excluding hydrogens is 121 g/mol. The summed E-state index contributed by atoms with van der Waals surface area (Å²) in [5.74, 6) is 0. The van der Waals surface area contributed by atoms with E-state index in [0.29, 0.717) is 6.54 Å². The van der Waals surface area contributed by atoms with Crippen LogP contribution in [-0.2, 0) is 0 Å². The lowest BCUT2D eigenvalue weighted by Gasteiger charge is -1.75. The second-order valence-corrected chi connectivity index (χ2v) is 1.62. The van der Waals surface area contributed by atoms with Gasteiger partial charge in [-0.15, -0.1) is 0 Å². The number of halogens is 2. The number of hydrogen-bond acceptors (Lipinski definition) is 1. The predicted octanol–water partition coefficient (Wildman–Crippen LogP) is 1.84. The Hall–Kier alpha value is 0.250. The first-order valence-electron chi connectivity index (χ1n) is 1.62. The van der Waals surface area contributed by atoms with E-state index in [-0.39, 0.29) is 4.63 Å². The van der Waals surface area contributed by atoms with Crippen LogP contribution in [0.25, 0.3) is 0 Å². The van der Waals surface area contributed by atoms with Gasteiger partial charge in [-0.2, -0.15) is 0 Å². The van der Waals surface area contributed by atoms with Crippen LogP contribution in [-0.4, -0.2) is 11.2 Å². The van der Waals surface area contributed by atoms with E-state index in [1.54, 1.807) is 0 Å². The standard InChI is InChI=1S/C3H5Cl2N/c1-2-6-3(4)5/h2H2,1H3. The minimum atomic E-state index is 0.109. The van der Waals surface area contributed by atoms with Crippen LogP contribution in [0.1, 0.15) is 6.92 Å². The monoisotopic (exact) mass is 125 g/mol. The molecule has 0 aromatic carbocycles. The van der Waals surface area contributed by atoms with Crippen LogP contribution in [0.5, 0.6) is 0 Å². The molecule has 0 rings (SSSR count). The third-order valence-corrected chi connectivity index (χ3v) is 0.517.